The van der Waals surface area contributed by atoms with E-state index in [1.165, 1.54) is 51.0 Å². The monoisotopic (exact) mass is 673 g/mol. The van der Waals surface area contributed by atoms with Crippen LogP contribution in [0.2, 0.25) is 5.15 Å². The highest BCUT2D eigenvalue weighted by atomic mass is 35.5. The number of anilines is 2. The van der Waals surface area contributed by atoms with E-state index in [-0.39, 0.29) is 16.7 Å². The Balaban J connectivity index is 0.000000276. The maximum absolute atomic E-state index is 12.1. The van der Waals surface area contributed by atoms with Crippen LogP contribution in [-0.2, 0) is 38.6 Å². The molecule has 0 amide bonds. The Morgan fingerprint density at radius 3 is 2.02 bits per heavy atom. The normalized spacial score (nSPS) is 11.9. The van der Waals surface area contributed by atoms with Crippen LogP contribution in [0.3, 0.4) is 0 Å². The number of hydrogen-bond donors (Lipinski definition) is 1. The SMILES string of the molecule is CN(C)S(=O)(=O)Cc1cnnc(Cl)c1.Cc1nn(C)cc1-c1cnc2ccc(Nc3cc(CS(=O)(=O)N(C)C)cnn3)nc2c1. The Kier molecular flexibility index (Phi) is 10.4. The van der Waals surface area contributed by atoms with E-state index in [9.17, 15) is 16.8 Å². The second-order valence-electron chi connectivity index (χ2n) is 10.3. The van der Waals surface area contributed by atoms with Gasteiger partial charge in [-0.3, -0.25) is 9.67 Å². The van der Waals surface area contributed by atoms with E-state index in [2.05, 4.69) is 40.8 Å². The summed E-state index contributed by atoms with van der Waals surface area (Å²) in [5.74, 6) is 0.685. The van der Waals surface area contributed by atoms with E-state index in [0.717, 1.165) is 26.6 Å². The number of halogens is 1. The van der Waals surface area contributed by atoms with E-state index >= 15 is 0 Å². The molecule has 0 saturated heterocycles. The second-order valence-corrected chi connectivity index (χ2v) is 15.1. The molecule has 1 N–H and O–H groups in total. The Morgan fingerprint density at radius 1 is 0.822 bits per heavy atom. The second kappa shape index (κ2) is 13.9. The first-order chi connectivity index (χ1) is 21.1. The summed E-state index contributed by atoms with van der Waals surface area (Å²) in [6, 6.07) is 8.74. The number of fused-ring (bicyclic) bond motifs is 1. The molecule has 238 valence electrons. The summed E-state index contributed by atoms with van der Waals surface area (Å²) in [5.41, 5.74) is 5.37. The number of aromatic nitrogens is 8. The van der Waals surface area contributed by atoms with Crippen molar-refractivity contribution < 1.29 is 16.8 Å². The molecule has 15 nitrogen and oxygen atoms in total. The highest BCUT2D eigenvalue weighted by molar-refractivity contribution is 7.88. The van der Waals surface area contributed by atoms with Gasteiger partial charge in [0.05, 0.1) is 40.6 Å². The molecule has 5 rings (SSSR count). The summed E-state index contributed by atoms with van der Waals surface area (Å²) in [5, 5.41) is 22.7. The number of aryl methyl sites for hydroxylation is 2. The lowest BCUT2D eigenvalue weighted by Crippen LogP contribution is -2.23. The molecule has 0 saturated carbocycles. The van der Waals surface area contributed by atoms with Gasteiger partial charge >= 0.3 is 0 Å². The van der Waals surface area contributed by atoms with Gasteiger partial charge in [0, 0.05) is 58.8 Å². The number of pyridine rings is 2. The van der Waals surface area contributed by atoms with Crippen molar-refractivity contribution in [2.24, 2.45) is 7.05 Å². The van der Waals surface area contributed by atoms with Crippen LogP contribution in [-0.4, -0.2) is 93.8 Å². The van der Waals surface area contributed by atoms with Gasteiger partial charge in [-0.15, -0.1) is 10.2 Å². The largest absolute Gasteiger partial charge is 0.323 e. The molecule has 5 heterocycles. The van der Waals surface area contributed by atoms with Gasteiger partial charge in [-0.1, -0.05) is 11.6 Å². The third-order valence-corrected chi connectivity index (χ3v) is 10.1. The van der Waals surface area contributed by atoms with Gasteiger partial charge in [0.15, 0.2) is 11.0 Å². The van der Waals surface area contributed by atoms with Crippen LogP contribution in [0.15, 0.2) is 55.1 Å². The first-order valence-corrected chi connectivity index (χ1v) is 16.9. The molecule has 0 aliphatic heterocycles. The lowest BCUT2D eigenvalue weighted by atomic mass is 10.1. The molecule has 5 aromatic rings. The molecule has 0 radical (unpaired) electrons. The zero-order valence-corrected chi connectivity index (χ0v) is 27.8. The van der Waals surface area contributed by atoms with Crippen LogP contribution in [0.5, 0.6) is 0 Å². The van der Waals surface area contributed by atoms with E-state index in [4.69, 9.17) is 11.6 Å². The van der Waals surface area contributed by atoms with Crippen molar-refractivity contribution in [3.8, 4) is 11.1 Å². The Hall–Kier alpha value is -4.16. The fourth-order valence-corrected chi connectivity index (χ4v) is 5.78. The minimum Gasteiger partial charge on any atom is -0.323 e. The molecule has 18 heteroatoms. The predicted octanol–water partition coefficient (Wildman–Crippen LogP) is 2.79. The minimum atomic E-state index is -3.40. The molecule has 0 bridgehead atoms. The predicted molar refractivity (Wildman–Crippen MR) is 171 cm³/mol. The molecule has 0 atom stereocenters. The molecule has 45 heavy (non-hydrogen) atoms. The quantitative estimate of drug-likeness (QED) is 0.242. The number of rotatable bonds is 9. The fraction of sp³-hybridized carbons (Fsp3) is 0.296. The highest BCUT2D eigenvalue weighted by Crippen LogP contribution is 2.25. The summed E-state index contributed by atoms with van der Waals surface area (Å²) >= 11 is 5.57. The molecule has 0 aromatic carbocycles. The van der Waals surface area contributed by atoms with Gasteiger partial charge in [-0.2, -0.15) is 15.3 Å². The number of nitrogens with zero attached hydrogens (tertiary/aromatic N) is 10. The average Bonchev–Trinajstić information content (AvgIpc) is 3.30. The third-order valence-electron chi connectivity index (χ3n) is 6.32. The van der Waals surface area contributed by atoms with E-state index in [1.54, 1.807) is 23.0 Å². The summed E-state index contributed by atoms with van der Waals surface area (Å²) in [6.45, 7) is 1.95. The van der Waals surface area contributed by atoms with Crippen molar-refractivity contribution >= 4 is 54.3 Å². The van der Waals surface area contributed by atoms with Crippen molar-refractivity contribution in [1.82, 2.24) is 48.8 Å². The van der Waals surface area contributed by atoms with Gasteiger partial charge in [0.2, 0.25) is 20.0 Å². The zero-order chi connectivity index (χ0) is 32.9. The first kappa shape index (κ1) is 33.7. The van der Waals surface area contributed by atoms with E-state index in [1.807, 2.05) is 32.3 Å². The Bertz CT molecular complexity index is 2040. The van der Waals surface area contributed by atoms with Crippen molar-refractivity contribution in [2.45, 2.75) is 18.4 Å². The van der Waals surface area contributed by atoms with Crippen LogP contribution >= 0.6 is 11.6 Å². The summed E-state index contributed by atoms with van der Waals surface area (Å²) < 4.78 is 51.2. The fourth-order valence-electron chi connectivity index (χ4n) is 3.92. The lowest BCUT2D eigenvalue weighted by molar-refractivity contribution is 0.518. The topological polar surface area (TPSA) is 182 Å². The van der Waals surface area contributed by atoms with Gasteiger partial charge < -0.3 is 5.32 Å². The van der Waals surface area contributed by atoms with Crippen LogP contribution in [0.25, 0.3) is 22.2 Å². The van der Waals surface area contributed by atoms with Gasteiger partial charge in [-0.05, 0) is 48.4 Å². The number of nitrogens with one attached hydrogen (secondary N) is 1. The smallest absolute Gasteiger partial charge is 0.217 e. The van der Waals surface area contributed by atoms with Crippen molar-refractivity contribution in [3.05, 3.63) is 77.1 Å². The van der Waals surface area contributed by atoms with Gasteiger partial charge in [-0.25, -0.2) is 30.4 Å². The van der Waals surface area contributed by atoms with E-state index in [0.29, 0.717) is 28.3 Å². The van der Waals surface area contributed by atoms with Gasteiger partial charge in [0.25, 0.3) is 0 Å². The van der Waals surface area contributed by atoms with Crippen LogP contribution in [0.1, 0.15) is 16.8 Å². The summed E-state index contributed by atoms with van der Waals surface area (Å²) in [7, 11) is 1.17. The molecule has 0 unspecified atom stereocenters. The molecule has 5 aromatic heterocycles. The summed E-state index contributed by atoms with van der Waals surface area (Å²) in [4.78, 5) is 9.13. The van der Waals surface area contributed by atoms with Crippen LogP contribution in [0, 0.1) is 6.92 Å². The molecular formula is C27H32ClN11O4S2. The Morgan fingerprint density at radius 2 is 1.44 bits per heavy atom. The van der Waals surface area contributed by atoms with Crippen LogP contribution < -0.4 is 5.32 Å². The lowest BCUT2D eigenvalue weighted by Gasteiger charge is -2.11. The minimum absolute atomic E-state index is 0.116. The number of sulfonamides is 2. The molecule has 0 fully saturated rings. The molecular weight excluding hydrogens is 642 g/mol. The first-order valence-electron chi connectivity index (χ1n) is 13.3. The van der Waals surface area contributed by atoms with Gasteiger partial charge in [0.1, 0.15) is 5.82 Å². The molecule has 0 aliphatic rings. The summed E-state index contributed by atoms with van der Waals surface area (Å²) in [6.07, 6.45) is 6.57. The Labute approximate surface area is 266 Å². The van der Waals surface area contributed by atoms with Crippen LogP contribution in [0.4, 0.5) is 11.6 Å². The maximum Gasteiger partial charge on any atom is 0.217 e. The van der Waals surface area contributed by atoms with Crippen molar-refractivity contribution in [3.63, 3.8) is 0 Å². The van der Waals surface area contributed by atoms with Crippen molar-refractivity contribution in [2.75, 3.05) is 33.5 Å². The highest BCUT2D eigenvalue weighted by Gasteiger charge is 2.16. The molecule has 0 aliphatic carbocycles. The third kappa shape index (κ3) is 8.95. The van der Waals surface area contributed by atoms with Crippen molar-refractivity contribution in [1.29, 1.82) is 0 Å². The number of hydrogen-bond acceptors (Lipinski definition) is 12. The molecule has 0 spiro atoms. The maximum atomic E-state index is 12.1. The van der Waals surface area contributed by atoms with E-state index < -0.39 is 20.0 Å². The standard InChI is InChI=1S/C20H22N8O2S.C7H10ClN3O2S/c1-13-16(11-28(4)26-13)15-8-18-17(21-10-15)5-6-19(23-18)24-20-7-14(9-22-25-20)12-31(29,30)27(2)3;1-11(2)14(12,13)5-6-3-7(8)10-9-4-6/h5-11H,12H2,1-4H3,(H,23,24,25);3-4H,5H2,1-2H3. The average molecular weight is 674 g/mol. The zero-order valence-electron chi connectivity index (χ0n) is 25.4.